The third-order valence-corrected chi connectivity index (χ3v) is 6.34. The fraction of sp³-hybridized carbons (Fsp3) is 0.458. The molecule has 2 fully saturated rings. The molecule has 2 saturated heterocycles. The fourth-order valence-electron chi connectivity index (χ4n) is 4.56. The van der Waals surface area contributed by atoms with Crippen LogP contribution in [-0.2, 0) is 0 Å². The van der Waals surface area contributed by atoms with Crippen molar-refractivity contribution in [2.24, 2.45) is 0 Å². The van der Waals surface area contributed by atoms with E-state index in [0.29, 0.717) is 25.2 Å². The lowest BCUT2D eigenvalue weighted by Gasteiger charge is -2.31. The highest BCUT2D eigenvalue weighted by atomic mass is 16.6. The van der Waals surface area contributed by atoms with Crippen LogP contribution in [-0.4, -0.2) is 62.1 Å². The summed E-state index contributed by atoms with van der Waals surface area (Å²) in [5.74, 6) is 0.696. The summed E-state index contributed by atoms with van der Waals surface area (Å²) in [5.41, 5.74) is 2.32. The molecule has 170 valence electrons. The number of amides is 1. The summed E-state index contributed by atoms with van der Waals surface area (Å²) in [5, 5.41) is 11.4. The molecule has 1 amide bonds. The molecular formula is C24H30N4O4. The van der Waals surface area contributed by atoms with Gasteiger partial charge in [-0.25, -0.2) is 0 Å². The van der Waals surface area contributed by atoms with Crippen LogP contribution in [0.4, 0.5) is 17.1 Å². The molecule has 0 saturated carbocycles. The quantitative estimate of drug-likeness (QED) is 0.520. The summed E-state index contributed by atoms with van der Waals surface area (Å²) < 4.78 is 5.24. The molecule has 2 heterocycles. The minimum absolute atomic E-state index is 0.0382. The van der Waals surface area contributed by atoms with E-state index in [1.165, 1.54) is 18.6 Å². The van der Waals surface area contributed by atoms with Gasteiger partial charge in [-0.2, -0.15) is 0 Å². The Morgan fingerprint density at radius 3 is 2.28 bits per heavy atom. The van der Waals surface area contributed by atoms with Crippen LogP contribution in [0.3, 0.4) is 0 Å². The number of nitro groups is 1. The maximum Gasteiger partial charge on any atom is 0.270 e. The minimum atomic E-state index is -0.426. The average molecular weight is 439 g/mol. The van der Waals surface area contributed by atoms with Crippen LogP contribution in [0.25, 0.3) is 0 Å². The predicted octanol–water partition coefficient (Wildman–Crippen LogP) is 3.95. The van der Waals surface area contributed by atoms with Crippen molar-refractivity contribution in [3.05, 3.63) is 58.1 Å². The van der Waals surface area contributed by atoms with E-state index in [4.69, 9.17) is 4.74 Å². The summed E-state index contributed by atoms with van der Waals surface area (Å²) in [6, 6.07) is 12.7. The van der Waals surface area contributed by atoms with E-state index in [9.17, 15) is 14.9 Å². The van der Waals surface area contributed by atoms with E-state index < -0.39 is 4.92 Å². The number of benzene rings is 2. The molecule has 2 aromatic rings. The summed E-state index contributed by atoms with van der Waals surface area (Å²) >= 11 is 0. The Hall–Kier alpha value is -3.29. The predicted molar refractivity (Wildman–Crippen MR) is 125 cm³/mol. The lowest BCUT2D eigenvalue weighted by atomic mass is 10.1. The number of nitro benzene ring substituents is 1. The summed E-state index contributed by atoms with van der Waals surface area (Å²) in [7, 11) is 1.65. The van der Waals surface area contributed by atoms with Gasteiger partial charge < -0.3 is 19.4 Å². The summed E-state index contributed by atoms with van der Waals surface area (Å²) in [4.78, 5) is 30.8. The second-order valence-electron chi connectivity index (χ2n) is 8.34. The van der Waals surface area contributed by atoms with Gasteiger partial charge in [-0.3, -0.25) is 14.9 Å². The van der Waals surface area contributed by atoms with Gasteiger partial charge >= 0.3 is 0 Å². The average Bonchev–Trinajstić information content (AvgIpc) is 3.10. The number of anilines is 2. The standard InChI is InChI=1S/C24H30N4O4/c1-32-21-9-6-19(7-10-21)25-14-5-15-27(17-16-25)24(29)22-18-20(28(30)31)8-11-23(22)26-12-3-2-4-13-26/h6-11,18H,2-5,12-17H2,1H3. The first-order chi connectivity index (χ1) is 15.6. The van der Waals surface area contributed by atoms with Gasteiger partial charge in [0.15, 0.2) is 0 Å². The van der Waals surface area contributed by atoms with Crippen LogP contribution in [0.15, 0.2) is 42.5 Å². The number of hydrogen-bond donors (Lipinski definition) is 0. The Morgan fingerprint density at radius 1 is 0.875 bits per heavy atom. The highest BCUT2D eigenvalue weighted by Crippen LogP contribution is 2.30. The lowest BCUT2D eigenvalue weighted by Crippen LogP contribution is -2.37. The van der Waals surface area contributed by atoms with Gasteiger partial charge in [-0.05, 0) is 56.0 Å². The van der Waals surface area contributed by atoms with Crippen molar-refractivity contribution in [1.29, 1.82) is 0 Å². The Kier molecular flexibility index (Phi) is 6.78. The second-order valence-corrected chi connectivity index (χ2v) is 8.34. The van der Waals surface area contributed by atoms with Crippen molar-refractivity contribution in [2.75, 3.05) is 56.2 Å². The van der Waals surface area contributed by atoms with Crippen LogP contribution in [0.1, 0.15) is 36.0 Å². The molecule has 0 unspecified atom stereocenters. The zero-order chi connectivity index (χ0) is 22.5. The number of carbonyl (C=O) groups excluding carboxylic acids is 1. The van der Waals surface area contributed by atoms with Gasteiger partial charge in [0.1, 0.15) is 5.75 Å². The molecule has 32 heavy (non-hydrogen) atoms. The number of ether oxygens (including phenoxy) is 1. The van der Waals surface area contributed by atoms with E-state index in [1.54, 1.807) is 13.2 Å². The molecule has 0 atom stereocenters. The molecule has 0 radical (unpaired) electrons. The van der Waals surface area contributed by atoms with Crippen molar-refractivity contribution in [3.63, 3.8) is 0 Å². The molecule has 2 aromatic carbocycles. The first-order valence-electron chi connectivity index (χ1n) is 11.3. The van der Waals surface area contributed by atoms with Crippen LogP contribution in [0, 0.1) is 10.1 Å². The third-order valence-electron chi connectivity index (χ3n) is 6.34. The molecule has 2 aliphatic rings. The number of methoxy groups -OCH3 is 1. The Morgan fingerprint density at radius 2 is 1.59 bits per heavy atom. The highest BCUT2D eigenvalue weighted by molar-refractivity contribution is 6.00. The fourth-order valence-corrected chi connectivity index (χ4v) is 4.56. The first-order valence-corrected chi connectivity index (χ1v) is 11.3. The molecule has 0 bridgehead atoms. The second kappa shape index (κ2) is 9.89. The number of piperidine rings is 1. The van der Waals surface area contributed by atoms with Crippen LogP contribution >= 0.6 is 0 Å². The highest BCUT2D eigenvalue weighted by Gasteiger charge is 2.27. The number of non-ortho nitro benzene ring substituents is 1. The molecule has 0 N–H and O–H groups in total. The molecular weight excluding hydrogens is 408 g/mol. The minimum Gasteiger partial charge on any atom is -0.497 e. The largest absolute Gasteiger partial charge is 0.497 e. The van der Waals surface area contributed by atoms with Crippen molar-refractivity contribution in [2.45, 2.75) is 25.7 Å². The number of hydrogen-bond acceptors (Lipinski definition) is 6. The zero-order valence-electron chi connectivity index (χ0n) is 18.5. The molecule has 8 nitrogen and oxygen atoms in total. The van der Waals surface area contributed by atoms with E-state index >= 15 is 0 Å². The van der Waals surface area contributed by atoms with Gasteiger partial charge in [0.2, 0.25) is 0 Å². The van der Waals surface area contributed by atoms with Crippen molar-refractivity contribution in [3.8, 4) is 5.75 Å². The van der Waals surface area contributed by atoms with Crippen LogP contribution in [0.2, 0.25) is 0 Å². The zero-order valence-corrected chi connectivity index (χ0v) is 18.5. The van der Waals surface area contributed by atoms with Crippen LogP contribution in [0.5, 0.6) is 5.75 Å². The van der Waals surface area contributed by atoms with Crippen molar-refractivity contribution >= 4 is 23.0 Å². The summed E-state index contributed by atoms with van der Waals surface area (Å²) in [6.45, 7) is 4.53. The molecule has 4 rings (SSSR count). The van der Waals surface area contributed by atoms with Gasteiger partial charge in [-0.1, -0.05) is 0 Å². The normalized spacial score (nSPS) is 17.1. The Bertz CT molecular complexity index is 957. The van der Waals surface area contributed by atoms with Crippen molar-refractivity contribution in [1.82, 2.24) is 4.90 Å². The topological polar surface area (TPSA) is 79.2 Å². The number of carbonyl (C=O) groups is 1. The lowest BCUT2D eigenvalue weighted by molar-refractivity contribution is -0.384. The van der Waals surface area contributed by atoms with Gasteiger partial charge in [0.25, 0.3) is 11.6 Å². The van der Waals surface area contributed by atoms with E-state index in [1.807, 2.05) is 29.2 Å². The molecule has 0 aromatic heterocycles. The Balaban J connectivity index is 1.53. The maximum atomic E-state index is 13.6. The number of rotatable bonds is 5. The SMILES string of the molecule is COc1ccc(N2CCCN(C(=O)c3cc([N+](=O)[O-])ccc3N3CCCCC3)CC2)cc1. The molecule has 8 heteroatoms. The van der Waals surface area contributed by atoms with E-state index in [0.717, 1.165) is 56.0 Å². The molecule has 0 aliphatic carbocycles. The molecule has 2 aliphatic heterocycles. The van der Waals surface area contributed by atoms with Crippen molar-refractivity contribution < 1.29 is 14.5 Å². The smallest absolute Gasteiger partial charge is 0.270 e. The summed E-state index contributed by atoms with van der Waals surface area (Å²) in [6.07, 6.45) is 4.17. The number of nitrogens with zero attached hydrogens (tertiary/aromatic N) is 4. The van der Waals surface area contributed by atoms with Gasteiger partial charge in [0.05, 0.1) is 23.3 Å². The van der Waals surface area contributed by atoms with Crippen LogP contribution < -0.4 is 14.5 Å². The first kappa shape index (κ1) is 21.9. The monoisotopic (exact) mass is 438 g/mol. The Labute approximate surface area is 188 Å². The molecule has 0 spiro atoms. The third kappa shape index (κ3) is 4.79. The van der Waals surface area contributed by atoms with Gasteiger partial charge in [0, 0.05) is 57.1 Å². The van der Waals surface area contributed by atoms with Gasteiger partial charge in [-0.15, -0.1) is 0 Å². The van der Waals surface area contributed by atoms with E-state index in [-0.39, 0.29) is 11.6 Å². The maximum absolute atomic E-state index is 13.6. The van der Waals surface area contributed by atoms with E-state index in [2.05, 4.69) is 9.80 Å².